The molecule has 4 nitrogen and oxygen atoms in total. The molecule has 0 amide bonds. The van der Waals surface area contributed by atoms with Crippen LogP contribution in [0, 0.1) is 0 Å². The molecule has 0 spiro atoms. The molecular weight excluding hydrogens is 224 g/mol. The Morgan fingerprint density at radius 1 is 1.28 bits per heavy atom. The lowest BCUT2D eigenvalue weighted by Crippen LogP contribution is -2.58. The van der Waals surface area contributed by atoms with Crippen molar-refractivity contribution in [2.24, 2.45) is 0 Å². The Kier molecular flexibility index (Phi) is 4.10. The maximum absolute atomic E-state index is 3.43. The average molecular weight is 250 g/mol. The molecule has 1 aromatic heterocycles. The Hall–Kier alpha value is -0.840. The Morgan fingerprint density at radius 2 is 1.94 bits per heavy atom. The minimum Gasteiger partial charge on any atom is -0.364 e. The summed E-state index contributed by atoms with van der Waals surface area (Å²) in [6, 6.07) is 4.65. The molecule has 1 saturated heterocycles. The van der Waals surface area contributed by atoms with Crippen molar-refractivity contribution in [1.82, 2.24) is 20.1 Å². The molecule has 1 aliphatic rings. The van der Waals surface area contributed by atoms with Crippen molar-refractivity contribution in [2.45, 2.75) is 25.4 Å². The van der Waals surface area contributed by atoms with Gasteiger partial charge in [-0.05, 0) is 40.1 Å². The van der Waals surface area contributed by atoms with Gasteiger partial charge in [-0.15, -0.1) is 0 Å². The van der Waals surface area contributed by atoms with Gasteiger partial charge in [0.15, 0.2) is 0 Å². The van der Waals surface area contributed by atoms with Crippen LogP contribution in [-0.2, 0) is 0 Å². The van der Waals surface area contributed by atoms with Crippen molar-refractivity contribution in [2.75, 3.05) is 40.3 Å². The molecule has 102 valence electrons. The van der Waals surface area contributed by atoms with Gasteiger partial charge in [-0.1, -0.05) is 0 Å². The van der Waals surface area contributed by atoms with Crippen LogP contribution >= 0.6 is 0 Å². The van der Waals surface area contributed by atoms with Crippen LogP contribution in [0.25, 0.3) is 0 Å². The van der Waals surface area contributed by atoms with E-state index < -0.39 is 0 Å². The number of nitrogens with one attached hydrogen (secondary N) is 2. The van der Waals surface area contributed by atoms with Crippen LogP contribution in [0.2, 0.25) is 0 Å². The van der Waals surface area contributed by atoms with E-state index in [0.717, 1.165) is 26.2 Å². The largest absolute Gasteiger partial charge is 0.364 e. The Balaban J connectivity index is 2.23. The van der Waals surface area contributed by atoms with Crippen LogP contribution in [0.1, 0.15) is 25.6 Å². The molecule has 1 fully saturated rings. The first-order valence-electron chi connectivity index (χ1n) is 6.79. The summed E-state index contributed by atoms with van der Waals surface area (Å²) in [5.74, 6) is 0. The average Bonchev–Trinajstić information content (AvgIpc) is 2.83. The second-order valence-corrected chi connectivity index (χ2v) is 5.88. The maximum Gasteiger partial charge on any atom is 0.0674 e. The molecule has 2 heterocycles. The quantitative estimate of drug-likeness (QED) is 0.845. The SMILES string of the molecule is CN(C)C(c1ccc[nH]1)C(C)(C)N1CCNCC1. The molecule has 2 N–H and O–H groups in total. The van der Waals surface area contributed by atoms with Crippen molar-refractivity contribution in [3.8, 4) is 0 Å². The highest BCUT2D eigenvalue weighted by molar-refractivity contribution is 5.15. The molecule has 0 saturated carbocycles. The van der Waals surface area contributed by atoms with Crippen molar-refractivity contribution in [1.29, 1.82) is 0 Å². The fourth-order valence-corrected chi connectivity index (χ4v) is 3.22. The molecule has 0 aromatic carbocycles. The van der Waals surface area contributed by atoms with Gasteiger partial charge in [0.2, 0.25) is 0 Å². The summed E-state index contributed by atoms with van der Waals surface area (Å²) < 4.78 is 0. The van der Waals surface area contributed by atoms with Crippen LogP contribution < -0.4 is 5.32 Å². The number of H-pyrrole nitrogens is 1. The first-order chi connectivity index (χ1) is 8.53. The summed E-state index contributed by atoms with van der Waals surface area (Å²) in [4.78, 5) is 8.29. The van der Waals surface area contributed by atoms with Crippen molar-refractivity contribution < 1.29 is 0 Å². The third-order valence-corrected chi connectivity index (χ3v) is 4.03. The van der Waals surface area contributed by atoms with E-state index in [1.165, 1.54) is 5.69 Å². The molecule has 4 heteroatoms. The number of piperazine rings is 1. The van der Waals surface area contributed by atoms with E-state index in [0.29, 0.717) is 6.04 Å². The second-order valence-electron chi connectivity index (χ2n) is 5.88. The monoisotopic (exact) mass is 250 g/mol. The Labute approximate surface area is 110 Å². The number of aromatic nitrogens is 1. The lowest BCUT2D eigenvalue weighted by Gasteiger charge is -2.48. The Bertz CT molecular complexity index is 350. The predicted octanol–water partition coefficient (Wildman–Crippen LogP) is 1.30. The molecule has 0 bridgehead atoms. The highest BCUT2D eigenvalue weighted by atomic mass is 15.3. The van der Waals surface area contributed by atoms with Gasteiger partial charge in [-0.25, -0.2) is 0 Å². The first-order valence-corrected chi connectivity index (χ1v) is 6.79. The highest BCUT2D eigenvalue weighted by Gasteiger charge is 2.38. The van der Waals surface area contributed by atoms with Gasteiger partial charge in [0.25, 0.3) is 0 Å². The lowest BCUT2D eigenvalue weighted by molar-refractivity contribution is 0.0275. The van der Waals surface area contributed by atoms with E-state index in [9.17, 15) is 0 Å². The van der Waals surface area contributed by atoms with Gasteiger partial charge in [-0.2, -0.15) is 0 Å². The number of hydrogen-bond acceptors (Lipinski definition) is 3. The summed E-state index contributed by atoms with van der Waals surface area (Å²) in [6.45, 7) is 9.13. The van der Waals surface area contributed by atoms with Crippen molar-refractivity contribution >= 4 is 0 Å². The molecular formula is C14H26N4. The number of likely N-dealkylation sites (N-methyl/N-ethyl adjacent to an activating group) is 1. The third kappa shape index (κ3) is 2.60. The molecule has 1 atom stereocenters. The number of rotatable bonds is 4. The predicted molar refractivity (Wildman–Crippen MR) is 75.7 cm³/mol. The van der Waals surface area contributed by atoms with Gasteiger partial charge >= 0.3 is 0 Å². The van der Waals surface area contributed by atoms with E-state index in [1.807, 2.05) is 6.20 Å². The van der Waals surface area contributed by atoms with Gasteiger partial charge < -0.3 is 10.3 Å². The van der Waals surface area contributed by atoms with Crippen LogP contribution in [0.5, 0.6) is 0 Å². The molecule has 1 aromatic rings. The van der Waals surface area contributed by atoms with Crippen molar-refractivity contribution in [3.63, 3.8) is 0 Å². The van der Waals surface area contributed by atoms with Crippen molar-refractivity contribution in [3.05, 3.63) is 24.0 Å². The van der Waals surface area contributed by atoms with Gasteiger partial charge in [0, 0.05) is 43.6 Å². The zero-order chi connectivity index (χ0) is 13.2. The minimum absolute atomic E-state index is 0.121. The third-order valence-electron chi connectivity index (χ3n) is 4.03. The molecule has 1 unspecified atom stereocenters. The molecule has 2 rings (SSSR count). The van der Waals surface area contributed by atoms with E-state index in [-0.39, 0.29) is 5.54 Å². The van der Waals surface area contributed by atoms with Crippen LogP contribution in [0.4, 0.5) is 0 Å². The first kappa shape index (κ1) is 13.6. The van der Waals surface area contributed by atoms with E-state index in [4.69, 9.17) is 0 Å². The van der Waals surface area contributed by atoms with Gasteiger partial charge in [0.05, 0.1) is 6.04 Å². The van der Waals surface area contributed by atoms with Crippen LogP contribution in [-0.4, -0.2) is 60.6 Å². The van der Waals surface area contributed by atoms with E-state index in [2.05, 4.69) is 60.2 Å². The molecule has 1 aliphatic heterocycles. The zero-order valence-corrected chi connectivity index (χ0v) is 12.0. The summed E-state index contributed by atoms with van der Waals surface area (Å²) >= 11 is 0. The molecule has 0 radical (unpaired) electrons. The topological polar surface area (TPSA) is 34.3 Å². The number of hydrogen-bond donors (Lipinski definition) is 2. The fourth-order valence-electron chi connectivity index (χ4n) is 3.22. The van der Waals surface area contributed by atoms with E-state index in [1.54, 1.807) is 0 Å². The van der Waals surface area contributed by atoms with Gasteiger partial charge in [-0.3, -0.25) is 9.80 Å². The van der Waals surface area contributed by atoms with Gasteiger partial charge in [0.1, 0.15) is 0 Å². The maximum atomic E-state index is 3.43. The lowest BCUT2D eigenvalue weighted by atomic mass is 9.88. The zero-order valence-electron chi connectivity index (χ0n) is 12.0. The molecule has 0 aliphatic carbocycles. The minimum atomic E-state index is 0.121. The number of nitrogens with zero attached hydrogens (tertiary/aromatic N) is 2. The second kappa shape index (κ2) is 5.43. The summed E-state index contributed by atoms with van der Waals surface area (Å²) in [6.07, 6.45) is 2.01. The highest BCUT2D eigenvalue weighted by Crippen LogP contribution is 2.34. The fraction of sp³-hybridized carbons (Fsp3) is 0.714. The normalized spacial score (nSPS) is 20.3. The van der Waals surface area contributed by atoms with Crippen LogP contribution in [0.15, 0.2) is 18.3 Å². The van der Waals surface area contributed by atoms with E-state index >= 15 is 0 Å². The van der Waals surface area contributed by atoms with Crippen LogP contribution in [0.3, 0.4) is 0 Å². The smallest absolute Gasteiger partial charge is 0.0674 e. The summed E-state index contributed by atoms with van der Waals surface area (Å²) in [5, 5.41) is 3.43. The summed E-state index contributed by atoms with van der Waals surface area (Å²) in [5.41, 5.74) is 1.42. The molecule has 18 heavy (non-hydrogen) atoms. The summed E-state index contributed by atoms with van der Waals surface area (Å²) in [7, 11) is 4.32. The number of aromatic amines is 1. The standard InChI is InChI=1S/C14H26N4/c1-14(2,18-10-8-15-9-11-18)13(17(3)4)12-6-5-7-16-12/h5-7,13,15-16H,8-11H2,1-4H3. The Morgan fingerprint density at radius 3 is 2.44 bits per heavy atom.